The molecule has 4 heteroatoms. The molecule has 0 amide bonds. The summed E-state index contributed by atoms with van der Waals surface area (Å²) in [5.41, 5.74) is 7.23. The number of anilines is 2. The summed E-state index contributed by atoms with van der Waals surface area (Å²) in [5.74, 6) is 0. The highest BCUT2D eigenvalue weighted by Gasteiger charge is 2.29. The first-order chi connectivity index (χ1) is 7.18. The van der Waals surface area contributed by atoms with Crippen LogP contribution in [-0.2, 0) is 4.74 Å². The van der Waals surface area contributed by atoms with E-state index in [1.54, 1.807) is 12.4 Å². The minimum absolute atomic E-state index is 0.0371. The molecular weight excluding hydrogens is 190 g/mol. The van der Waals surface area contributed by atoms with Crippen molar-refractivity contribution in [2.24, 2.45) is 0 Å². The lowest BCUT2D eigenvalue weighted by atomic mass is 10.0. The van der Waals surface area contributed by atoms with Gasteiger partial charge in [0, 0.05) is 19.3 Å². The molecule has 0 radical (unpaired) electrons. The number of aromatic nitrogens is 1. The van der Waals surface area contributed by atoms with Gasteiger partial charge in [0.25, 0.3) is 0 Å². The second-order valence-electron chi connectivity index (χ2n) is 4.26. The van der Waals surface area contributed by atoms with Crippen LogP contribution in [0.3, 0.4) is 0 Å². The Labute approximate surface area is 89.8 Å². The molecule has 1 aromatic heterocycles. The first-order valence-electron chi connectivity index (χ1n) is 5.26. The Bertz CT molecular complexity index is 334. The van der Waals surface area contributed by atoms with E-state index in [4.69, 9.17) is 10.5 Å². The fraction of sp³-hybridized carbons (Fsp3) is 0.545. The summed E-state index contributed by atoms with van der Waals surface area (Å²) in [4.78, 5) is 4.02. The molecule has 0 aromatic carbocycles. The number of nitrogen functional groups attached to an aromatic ring is 1. The number of rotatable bonds is 3. The van der Waals surface area contributed by atoms with Gasteiger partial charge >= 0.3 is 0 Å². The lowest BCUT2D eigenvalue weighted by Crippen LogP contribution is -2.32. The lowest BCUT2D eigenvalue weighted by Gasteiger charge is -2.23. The van der Waals surface area contributed by atoms with Crippen LogP contribution in [-0.4, -0.2) is 23.7 Å². The molecule has 2 rings (SSSR count). The van der Waals surface area contributed by atoms with E-state index in [-0.39, 0.29) is 5.60 Å². The zero-order valence-corrected chi connectivity index (χ0v) is 8.99. The van der Waals surface area contributed by atoms with Gasteiger partial charge in [-0.25, -0.2) is 0 Å². The molecule has 15 heavy (non-hydrogen) atoms. The number of nitrogens with one attached hydrogen (secondary N) is 1. The Balaban J connectivity index is 1.92. The van der Waals surface area contributed by atoms with Gasteiger partial charge in [-0.2, -0.15) is 0 Å². The van der Waals surface area contributed by atoms with Crippen molar-refractivity contribution in [1.29, 1.82) is 0 Å². The topological polar surface area (TPSA) is 60.2 Å². The highest BCUT2D eigenvalue weighted by Crippen LogP contribution is 2.25. The van der Waals surface area contributed by atoms with Gasteiger partial charge in [0.05, 0.1) is 23.2 Å². The van der Waals surface area contributed by atoms with Crippen molar-refractivity contribution in [3.05, 3.63) is 18.5 Å². The third-order valence-corrected chi connectivity index (χ3v) is 2.73. The third-order valence-electron chi connectivity index (χ3n) is 2.73. The van der Waals surface area contributed by atoms with E-state index < -0.39 is 0 Å². The van der Waals surface area contributed by atoms with Gasteiger partial charge in [0.15, 0.2) is 0 Å². The van der Waals surface area contributed by atoms with E-state index in [1.165, 1.54) is 0 Å². The molecule has 1 fully saturated rings. The van der Waals surface area contributed by atoms with Gasteiger partial charge in [0.1, 0.15) is 0 Å². The number of hydrogen-bond donors (Lipinski definition) is 2. The molecule has 0 aliphatic carbocycles. The lowest BCUT2D eigenvalue weighted by molar-refractivity contribution is 0.0315. The minimum Gasteiger partial charge on any atom is -0.397 e. The molecule has 82 valence electrons. The molecule has 1 atom stereocenters. The maximum atomic E-state index is 5.68. The molecule has 2 heterocycles. The van der Waals surface area contributed by atoms with Crippen LogP contribution in [0.15, 0.2) is 18.5 Å². The summed E-state index contributed by atoms with van der Waals surface area (Å²) >= 11 is 0. The van der Waals surface area contributed by atoms with Crippen molar-refractivity contribution in [3.63, 3.8) is 0 Å². The molecule has 1 saturated heterocycles. The maximum Gasteiger partial charge on any atom is 0.0826 e. The van der Waals surface area contributed by atoms with Crippen molar-refractivity contribution in [2.45, 2.75) is 25.4 Å². The van der Waals surface area contributed by atoms with Crippen molar-refractivity contribution in [3.8, 4) is 0 Å². The Morgan fingerprint density at radius 2 is 2.47 bits per heavy atom. The summed E-state index contributed by atoms with van der Waals surface area (Å²) in [7, 11) is 0. The van der Waals surface area contributed by atoms with Crippen LogP contribution in [0.2, 0.25) is 0 Å². The van der Waals surface area contributed by atoms with Gasteiger partial charge in [-0.15, -0.1) is 0 Å². The van der Waals surface area contributed by atoms with E-state index in [2.05, 4.69) is 17.2 Å². The van der Waals surface area contributed by atoms with Gasteiger partial charge in [-0.05, 0) is 25.8 Å². The highest BCUT2D eigenvalue weighted by molar-refractivity contribution is 5.51. The molecule has 1 aromatic rings. The second kappa shape index (κ2) is 4.06. The van der Waals surface area contributed by atoms with Crippen LogP contribution in [0, 0.1) is 0 Å². The zero-order chi connectivity index (χ0) is 10.7. The molecule has 3 N–H and O–H groups in total. The number of hydrogen-bond acceptors (Lipinski definition) is 4. The fourth-order valence-electron chi connectivity index (χ4n) is 1.82. The Kier molecular flexibility index (Phi) is 2.77. The Morgan fingerprint density at radius 1 is 1.60 bits per heavy atom. The minimum atomic E-state index is -0.0371. The molecule has 0 saturated carbocycles. The van der Waals surface area contributed by atoms with Crippen molar-refractivity contribution in [1.82, 2.24) is 4.98 Å². The molecule has 4 nitrogen and oxygen atoms in total. The van der Waals surface area contributed by atoms with Crippen molar-refractivity contribution >= 4 is 11.4 Å². The van der Waals surface area contributed by atoms with Crippen molar-refractivity contribution in [2.75, 3.05) is 24.2 Å². The number of nitrogens with zero attached hydrogens (tertiary/aromatic N) is 1. The summed E-state index contributed by atoms with van der Waals surface area (Å²) in [6, 6.07) is 1.88. The summed E-state index contributed by atoms with van der Waals surface area (Å²) in [5, 5.41) is 3.30. The van der Waals surface area contributed by atoms with E-state index in [0.717, 1.165) is 31.7 Å². The van der Waals surface area contributed by atoms with Crippen LogP contribution in [0.25, 0.3) is 0 Å². The maximum absolute atomic E-state index is 5.68. The summed E-state index contributed by atoms with van der Waals surface area (Å²) in [6.07, 6.45) is 5.66. The van der Waals surface area contributed by atoms with Gasteiger partial charge in [-0.1, -0.05) is 0 Å². The SMILES string of the molecule is CC1(CNc2cncc(N)c2)CCCO1. The molecular formula is C11H17N3O. The predicted octanol–water partition coefficient (Wildman–Crippen LogP) is 1.64. The van der Waals surface area contributed by atoms with Crippen LogP contribution < -0.4 is 11.1 Å². The van der Waals surface area contributed by atoms with Crippen LogP contribution in [0.1, 0.15) is 19.8 Å². The highest BCUT2D eigenvalue weighted by atomic mass is 16.5. The smallest absolute Gasteiger partial charge is 0.0826 e. The standard InChI is InChI=1S/C11H17N3O/c1-11(3-2-4-15-11)8-14-10-5-9(12)6-13-7-10/h5-7,14H,2-4,8,12H2,1H3. The third kappa shape index (κ3) is 2.59. The second-order valence-corrected chi connectivity index (χ2v) is 4.26. The van der Waals surface area contributed by atoms with Crippen LogP contribution in [0.4, 0.5) is 11.4 Å². The fourth-order valence-corrected chi connectivity index (χ4v) is 1.82. The molecule has 1 unspecified atom stereocenters. The number of pyridine rings is 1. The Hall–Kier alpha value is -1.29. The summed E-state index contributed by atoms with van der Waals surface area (Å²) < 4.78 is 5.68. The number of ether oxygens (including phenoxy) is 1. The first kappa shape index (κ1) is 10.2. The average molecular weight is 207 g/mol. The normalized spacial score (nSPS) is 25.4. The van der Waals surface area contributed by atoms with Crippen LogP contribution >= 0.6 is 0 Å². The van der Waals surface area contributed by atoms with E-state index in [0.29, 0.717) is 5.69 Å². The van der Waals surface area contributed by atoms with Crippen LogP contribution in [0.5, 0.6) is 0 Å². The first-order valence-corrected chi connectivity index (χ1v) is 5.26. The van der Waals surface area contributed by atoms with Gasteiger partial charge in [-0.3, -0.25) is 4.98 Å². The summed E-state index contributed by atoms with van der Waals surface area (Å²) in [6.45, 7) is 3.80. The van der Waals surface area contributed by atoms with Crippen molar-refractivity contribution < 1.29 is 4.74 Å². The Morgan fingerprint density at radius 3 is 3.13 bits per heavy atom. The predicted molar refractivity (Wildman–Crippen MR) is 60.7 cm³/mol. The van der Waals surface area contributed by atoms with Gasteiger partial charge in [0.2, 0.25) is 0 Å². The van der Waals surface area contributed by atoms with E-state index >= 15 is 0 Å². The molecule has 1 aliphatic heterocycles. The molecule has 0 spiro atoms. The quantitative estimate of drug-likeness (QED) is 0.791. The number of nitrogens with two attached hydrogens (primary N) is 1. The van der Waals surface area contributed by atoms with Gasteiger partial charge < -0.3 is 15.8 Å². The van der Waals surface area contributed by atoms with E-state index in [9.17, 15) is 0 Å². The molecule has 0 bridgehead atoms. The zero-order valence-electron chi connectivity index (χ0n) is 8.99. The largest absolute Gasteiger partial charge is 0.397 e. The monoisotopic (exact) mass is 207 g/mol. The molecule has 1 aliphatic rings. The van der Waals surface area contributed by atoms with E-state index in [1.807, 2.05) is 6.07 Å². The average Bonchev–Trinajstić information content (AvgIpc) is 2.63.